The van der Waals surface area contributed by atoms with Crippen LogP contribution in [0.1, 0.15) is 0 Å². The molecule has 0 aromatic heterocycles. The van der Waals surface area contributed by atoms with E-state index in [9.17, 15) is 4.39 Å². The second-order valence-electron chi connectivity index (χ2n) is 3.36. The summed E-state index contributed by atoms with van der Waals surface area (Å²) in [5, 5.41) is 0.912. The molecule has 0 atom stereocenters. The van der Waals surface area contributed by atoms with Gasteiger partial charge in [0.2, 0.25) is 0 Å². The second kappa shape index (κ2) is 4.32. The molecule has 0 spiro atoms. The molecule has 2 rings (SSSR count). The number of halogens is 3. The van der Waals surface area contributed by atoms with E-state index in [0.717, 1.165) is 0 Å². The van der Waals surface area contributed by atoms with E-state index in [1.54, 1.807) is 24.3 Å². The molecule has 0 radical (unpaired) electrons. The number of benzene rings is 2. The van der Waals surface area contributed by atoms with Gasteiger partial charge in [-0.1, -0.05) is 29.3 Å². The molecule has 0 fully saturated rings. The Hall–Kier alpha value is -1.25. The van der Waals surface area contributed by atoms with Crippen molar-refractivity contribution < 1.29 is 4.39 Å². The quantitative estimate of drug-likeness (QED) is 0.752. The maximum atomic E-state index is 13.6. The van der Waals surface area contributed by atoms with E-state index in [1.165, 1.54) is 12.1 Å². The first-order valence-corrected chi connectivity index (χ1v) is 5.34. The van der Waals surface area contributed by atoms with Crippen molar-refractivity contribution in [3.63, 3.8) is 0 Å². The summed E-state index contributed by atoms with van der Waals surface area (Å²) in [6, 6.07) is 9.26. The highest BCUT2D eigenvalue weighted by atomic mass is 35.5. The molecule has 0 saturated heterocycles. The molecule has 2 aromatic rings. The maximum absolute atomic E-state index is 13.6. The summed E-state index contributed by atoms with van der Waals surface area (Å²) in [5.41, 5.74) is 7.05. The van der Waals surface area contributed by atoms with Crippen molar-refractivity contribution in [2.75, 3.05) is 5.73 Å². The average molecular weight is 256 g/mol. The molecule has 0 bridgehead atoms. The van der Waals surface area contributed by atoms with Crippen molar-refractivity contribution in [2.24, 2.45) is 0 Å². The Morgan fingerprint density at radius 3 is 2.38 bits per heavy atom. The van der Waals surface area contributed by atoms with E-state index in [-0.39, 0.29) is 5.82 Å². The SMILES string of the molecule is Nc1ccc(F)c(-c2ccc(Cl)cc2Cl)c1. The zero-order chi connectivity index (χ0) is 11.7. The first-order chi connectivity index (χ1) is 7.58. The highest BCUT2D eigenvalue weighted by molar-refractivity contribution is 6.36. The Labute approximate surface area is 103 Å². The molecule has 0 aliphatic rings. The lowest BCUT2D eigenvalue weighted by atomic mass is 10.0. The van der Waals surface area contributed by atoms with Crippen molar-refractivity contribution in [1.82, 2.24) is 0 Å². The Kier molecular flexibility index (Phi) is 3.03. The lowest BCUT2D eigenvalue weighted by Gasteiger charge is -2.07. The van der Waals surface area contributed by atoms with Gasteiger partial charge in [0.1, 0.15) is 5.82 Å². The maximum Gasteiger partial charge on any atom is 0.131 e. The molecule has 16 heavy (non-hydrogen) atoms. The van der Waals surface area contributed by atoms with Crippen LogP contribution in [0.15, 0.2) is 36.4 Å². The molecular formula is C12H8Cl2FN. The van der Waals surface area contributed by atoms with Crippen molar-refractivity contribution in [3.05, 3.63) is 52.3 Å². The highest BCUT2D eigenvalue weighted by Gasteiger charge is 2.09. The number of hydrogen-bond donors (Lipinski definition) is 1. The fourth-order valence-corrected chi connectivity index (χ4v) is 1.97. The van der Waals surface area contributed by atoms with Crippen LogP contribution < -0.4 is 5.73 Å². The van der Waals surface area contributed by atoms with Gasteiger partial charge in [-0.15, -0.1) is 0 Å². The fourth-order valence-electron chi connectivity index (χ4n) is 1.46. The van der Waals surface area contributed by atoms with Crippen LogP contribution in [0.3, 0.4) is 0 Å². The van der Waals surface area contributed by atoms with Crippen molar-refractivity contribution >= 4 is 28.9 Å². The summed E-state index contributed by atoms with van der Waals surface area (Å²) in [6.45, 7) is 0. The summed E-state index contributed by atoms with van der Waals surface area (Å²) in [7, 11) is 0. The second-order valence-corrected chi connectivity index (χ2v) is 4.21. The molecule has 2 aromatic carbocycles. The van der Waals surface area contributed by atoms with Gasteiger partial charge in [0, 0.05) is 26.9 Å². The zero-order valence-electron chi connectivity index (χ0n) is 8.18. The smallest absolute Gasteiger partial charge is 0.131 e. The summed E-state index contributed by atoms with van der Waals surface area (Å²) in [5.74, 6) is -0.363. The summed E-state index contributed by atoms with van der Waals surface area (Å²) < 4.78 is 13.6. The van der Waals surface area contributed by atoms with Crippen molar-refractivity contribution in [1.29, 1.82) is 0 Å². The third-order valence-corrected chi connectivity index (χ3v) is 2.76. The van der Waals surface area contributed by atoms with Crippen molar-refractivity contribution in [2.45, 2.75) is 0 Å². The average Bonchev–Trinajstić information content (AvgIpc) is 2.22. The molecular weight excluding hydrogens is 248 g/mol. The lowest BCUT2D eigenvalue weighted by molar-refractivity contribution is 0.631. The van der Waals surface area contributed by atoms with Crippen LogP contribution in [0.4, 0.5) is 10.1 Å². The minimum Gasteiger partial charge on any atom is -0.399 e. The van der Waals surface area contributed by atoms with Gasteiger partial charge in [0.25, 0.3) is 0 Å². The van der Waals surface area contributed by atoms with E-state index >= 15 is 0 Å². The molecule has 0 aliphatic carbocycles. The molecule has 2 N–H and O–H groups in total. The predicted molar refractivity (Wildman–Crippen MR) is 66.3 cm³/mol. The third kappa shape index (κ3) is 2.13. The molecule has 82 valence electrons. The Morgan fingerprint density at radius 2 is 1.69 bits per heavy atom. The van der Waals surface area contributed by atoms with Gasteiger partial charge in [-0.2, -0.15) is 0 Å². The monoisotopic (exact) mass is 255 g/mol. The Balaban J connectivity index is 2.62. The third-order valence-electron chi connectivity index (χ3n) is 2.21. The van der Waals surface area contributed by atoms with E-state index < -0.39 is 0 Å². The number of rotatable bonds is 1. The predicted octanol–water partition coefficient (Wildman–Crippen LogP) is 4.38. The molecule has 0 aliphatic heterocycles. The van der Waals surface area contributed by atoms with E-state index in [4.69, 9.17) is 28.9 Å². The summed E-state index contributed by atoms with van der Waals surface area (Å²) in [4.78, 5) is 0. The molecule has 0 amide bonds. The Bertz CT molecular complexity index is 541. The van der Waals surface area contributed by atoms with Gasteiger partial charge in [-0.05, 0) is 30.3 Å². The largest absolute Gasteiger partial charge is 0.399 e. The number of hydrogen-bond acceptors (Lipinski definition) is 1. The summed E-state index contributed by atoms with van der Waals surface area (Å²) in [6.07, 6.45) is 0. The number of nitrogen functional groups attached to an aromatic ring is 1. The van der Waals surface area contributed by atoms with Gasteiger partial charge in [-0.25, -0.2) is 4.39 Å². The fraction of sp³-hybridized carbons (Fsp3) is 0. The topological polar surface area (TPSA) is 26.0 Å². The van der Waals surface area contributed by atoms with Gasteiger partial charge >= 0.3 is 0 Å². The lowest BCUT2D eigenvalue weighted by Crippen LogP contribution is -1.90. The summed E-state index contributed by atoms with van der Waals surface area (Å²) >= 11 is 11.8. The first kappa shape index (κ1) is 11.2. The van der Waals surface area contributed by atoms with Crippen LogP contribution in [0.2, 0.25) is 10.0 Å². The van der Waals surface area contributed by atoms with E-state index in [2.05, 4.69) is 0 Å². The van der Waals surface area contributed by atoms with Crippen LogP contribution in [0.25, 0.3) is 11.1 Å². The molecule has 0 unspecified atom stereocenters. The van der Waals surface area contributed by atoms with Crippen LogP contribution >= 0.6 is 23.2 Å². The molecule has 4 heteroatoms. The van der Waals surface area contributed by atoms with Crippen LogP contribution in [0.5, 0.6) is 0 Å². The Morgan fingerprint density at radius 1 is 0.938 bits per heavy atom. The van der Waals surface area contributed by atoms with Gasteiger partial charge in [-0.3, -0.25) is 0 Å². The standard InChI is InChI=1S/C12H8Cl2FN/c13-7-1-3-9(11(14)5-7)10-6-8(16)2-4-12(10)15/h1-6H,16H2. The van der Waals surface area contributed by atoms with Gasteiger partial charge in [0.05, 0.1) is 0 Å². The highest BCUT2D eigenvalue weighted by Crippen LogP contribution is 2.32. The molecule has 0 saturated carbocycles. The number of nitrogens with two attached hydrogens (primary N) is 1. The van der Waals surface area contributed by atoms with Crippen LogP contribution in [0, 0.1) is 5.82 Å². The number of anilines is 1. The zero-order valence-corrected chi connectivity index (χ0v) is 9.69. The van der Waals surface area contributed by atoms with Crippen molar-refractivity contribution in [3.8, 4) is 11.1 Å². The van der Waals surface area contributed by atoms with E-state index in [0.29, 0.717) is 26.9 Å². The first-order valence-electron chi connectivity index (χ1n) is 4.58. The normalized spacial score (nSPS) is 10.4. The molecule has 0 heterocycles. The minimum atomic E-state index is -0.363. The van der Waals surface area contributed by atoms with Gasteiger partial charge < -0.3 is 5.73 Å². The molecule has 1 nitrogen and oxygen atoms in total. The van der Waals surface area contributed by atoms with Crippen LogP contribution in [-0.4, -0.2) is 0 Å². The van der Waals surface area contributed by atoms with Crippen LogP contribution in [-0.2, 0) is 0 Å². The van der Waals surface area contributed by atoms with Gasteiger partial charge in [0.15, 0.2) is 0 Å². The van der Waals surface area contributed by atoms with E-state index in [1.807, 2.05) is 0 Å². The minimum absolute atomic E-state index is 0.363.